The molecular weight excluding hydrogens is 358 g/mol. The summed E-state index contributed by atoms with van der Waals surface area (Å²) in [6.07, 6.45) is 2.69. The highest BCUT2D eigenvalue weighted by Crippen LogP contribution is 2.30. The molecule has 0 spiro atoms. The van der Waals surface area contributed by atoms with Gasteiger partial charge in [0, 0.05) is 30.1 Å². The van der Waals surface area contributed by atoms with Crippen LogP contribution in [-0.4, -0.2) is 39.2 Å². The number of carboxylic acids is 1. The molecule has 2 aromatic carbocycles. The number of hydrogen-bond acceptors (Lipinski definition) is 6. The lowest BCUT2D eigenvalue weighted by Gasteiger charge is -2.28. The maximum Gasteiger partial charge on any atom is 0.261 e. The highest BCUT2D eigenvalue weighted by atomic mass is 16.4. The Kier molecular flexibility index (Phi) is 4.41. The summed E-state index contributed by atoms with van der Waals surface area (Å²) < 4.78 is 0. The summed E-state index contributed by atoms with van der Waals surface area (Å²) in [5.74, 6) is -2.42. The normalized spacial score (nSPS) is 15.1. The fourth-order valence-electron chi connectivity index (χ4n) is 3.14. The van der Waals surface area contributed by atoms with Gasteiger partial charge in [-0.25, -0.2) is 4.98 Å². The Morgan fingerprint density at radius 1 is 0.964 bits per heavy atom. The van der Waals surface area contributed by atoms with Crippen molar-refractivity contribution in [2.45, 2.75) is 6.42 Å². The highest BCUT2D eigenvalue weighted by molar-refractivity contribution is 6.33. The van der Waals surface area contributed by atoms with Gasteiger partial charge in [-0.3, -0.25) is 19.5 Å². The van der Waals surface area contributed by atoms with Gasteiger partial charge in [-0.2, -0.15) is 0 Å². The van der Waals surface area contributed by atoms with Crippen molar-refractivity contribution in [3.8, 4) is 0 Å². The highest BCUT2D eigenvalue weighted by Gasteiger charge is 2.34. The summed E-state index contributed by atoms with van der Waals surface area (Å²) >= 11 is 0. The molecule has 0 saturated carbocycles. The van der Waals surface area contributed by atoms with Crippen molar-refractivity contribution < 1.29 is 19.5 Å². The molecule has 28 heavy (non-hydrogen) atoms. The Morgan fingerprint density at radius 2 is 1.64 bits per heavy atom. The van der Waals surface area contributed by atoms with E-state index in [2.05, 4.69) is 9.97 Å². The number of para-hydroxylation sites is 2. The number of fused-ring (bicyclic) bond motifs is 2. The van der Waals surface area contributed by atoms with Crippen molar-refractivity contribution in [3.63, 3.8) is 0 Å². The molecule has 2 heterocycles. The van der Waals surface area contributed by atoms with Crippen LogP contribution < -0.4 is 5.11 Å². The molecule has 138 valence electrons. The Balaban J connectivity index is 1.81. The topological polar surface area (TPSA) is 103 Å². The number of aromatic nitrogens is 2. The van der Waals surface area contributed by atoms with Crippen LogP contribution in [0.4, 0.5) is 0 Å². The third-order valence-electron chi connectivity index (χ3n) is 4.47. The Hall–Kier alpha value is -3.87. The van der Waals surface area contributed by atoms with Crippen molar-refractivity contribution in [2.75, 3.05) is 6.54 Å². The SMILES string of the molecule is O=C([O-])CCN1C(=O)/C(=C\c2cnc3ccccc3n2)c2ccccc2C1=O. The molecule has 0 fully saturated rings. The Bertz CT molecular complexity index is 1150. The molecule has 2 amide bonds. The maximum atomic E-state index is 13.0. The monoisotopic (exact) mass is 372 g/mol. The smallest absolute Gasteiger partial charge is 0.261 e. The zero-order valence-electron chi connectivity index (χ0n) is 14.7. The molecule has 7 nitrogen and oxygen atoms in total. The van der Waals surface area contributed by atoms with Gasteiger partial charge in [0.1, 0.15) is 0 Å². The first kappa shape index (κ1) is 17.5. The number of hydrogen-bond donors (Lipinski definition) is 0. The molecule has 7 heteroatoms. The van der Waals surface area contributed by atoms with Crippen LogP contribution in [0, 0.1) is 0 Å². The molecule has 0 unspecified atom stereocenters. The van der Waals surface area contributed by atoms with Gasteiger partial charge < -0.3 is 9.90 Å². The average molecular weight is 372 g/mol. The molecule has 0 N–H and O–H groups in total. The van der Waals surface area contributed by atoms with Crippen LogP contribution in [0.25, 0.3) is 22.7 Å². The van der Waals surface area contributed by atoms with E-state index < -0.39 is 24.2 Å². The van der Waals surface area contributed by atoms with E-state index in [0.717, 1.165) is 10.4 Å². The zero-order chi connectivity index (χ0) is 19.7. The third-order valence-corrected chi connectivity index (χ3v) is 4.47. The van der Waals surface area contributed by atoms with E-state index in [9.17, 15) is 19.5 Å². The van der Waals surface area contributed by atoms with Crippen molar-refractivity contribution in [1.82, 2.24) is 14.9 Å². The van der Waals surface area contributed by atoms with Crippen LogP contribution in [0.15, 0.2) is 54.7 Å². The molecule has 1 aromatic heterocycles. The van der Waals surface area contributed by atoms with Gasteiger partial charge in [0.25, 0.3) is 11.8 Å². The fourth-order valence-corrected chi connectivity index (χ4v) is 3.14. The first-order valence-electron chi connectivity index (χ1n) is 8.63. The number of carbonyl (C=O) groups excluding carboxylic acids is 3. The molecule has 0 radical (unpaired) electrons. The Morgan fingerprint density at radius 3 is 2.39 bits per heavy atom. The number of carboxylic acid groups (broad SMARTS) is 1. The van der Waals surface area contributed by atoms with Gasteiger partial charge in [-0.1, -0.05) is 30.3 Å². The lowest BCUT2D eigenvalue weighted by atomic mass is 9.92. The van der Waals surface area contributed by atoms with Gasteiger partial charge in [-0.15, -0.1) is 0 Å². The summed E-state index contributed by atoms with van der Waals surface area (Å²) in [6.45, 7) is -0.255. The number of imide groups is 1. The van der Waals surface area contributed by atoms with Gasteiger partial charge in [0.15, 0.2) is 0 Å². The number of rotatable bonds is 4. The second-order valence-corrected chi connectivity index (χ2v) is 6.27. The maximum absolute atomic E-state index is 13.0. The fraction of sp³-hybridized carbons (Fsp3) is 0.0952. The second-order valence-electron chi connectivity index (χ2n) is 6.27. The number of aliphatic carboxylic acids is 1. The largest absolute Gasteiger partial charge is 0.550 e. The number of carbonyl (C=O) groups is 3. The zero-order valence-corrected chi connectivity index (χ0v) is 14.7. The standard InChI is InChI=1S/C21H15N3O4/c25-19(26)9-10-24-20(27)15-6-2-1-5-14(15)16(21(24)28)11-13-12-22-17-7-3-4-8-18(17)23-13/h1-8,11-12H,9-10H2,(H,25,26)/p-1/b16-11-. The van der Waals surface area contributed by atoms with Gasteiger partial charge >= 0.3 is 0 Å². The van der Waals surface area contributed by atoms with Gasteiger partial charge in [0.2, 0.25) is 0 Å². The minimum absolute atomic E-state index is 0.255. The quantitative estimate of drug-likeness (QED) is 0.505. The van der Waals surface area contributed by atoms with Crippen molar-refractivity contribution in [1.29, 1.82) is 0 Å². The van der Waals surface area contributed by atoms with Crippen LogP contribution in [0.1, 0.15) is 28.0 Å². The lowest BCUT2D eigenvalue weighted by molar-refractivity contribution is -0.305. The molecule has 0 aliphatic carbocycles. The van der Waals surface area contributed by atoms with E-state index in [1.165, 1.54) is 0 Å². The first-order chi connectivity index (χ1) is 13.5. The van der Waals surface area contributed by atoms with E-state index in [1.807, 2.05) is 24.3 Å². The second kappa shape index (κ2) is 7.03. The summed E-state index contributed by atoms with van der Waals surface area (Å²) in [6, 6.07) is 14.1. The molecule has 3 aromatic rings. The van der Waals surface area contributed by atoms with Gasteiger partial charge in [0.05, 0.1) is 28.5 Å². The van der Waals surface area contributed by atoms with Crippen molar-refractivity contribution >= 4 is 40.5 Å². The van der Waals surface area contributed by atoms with Crippen LogP contribution >= 0.6 is 0 Å². The van der Waals surface area contributed by atoms with E-state index in [4.69, 9.17) is 0 Å². The molecule has 0 atom stereocenters. The van der Waals surface area contributed by atoms with Crippen molar-refractivity contribution in [2.24, 2.45) is 0 Å². The summed E-state index contributed by atoms with van der Waals surface area (Å²) in [7, 11) is 0. The molecule has 0 saturated heterocycles. The predicted octanol–water partition coefficient (Wildman–Crippen LogP) is 1.29. The number of benzene rings is 2. The summed E-state index contributed by atoms with van der Waals surface area (Å²) in [4.78, 5) is 46.2. The molecular formula is C21H14N3O4-. The third kappa shape index (κ3) is 3.14. The lowest BCUT2D eigenvalue weighted by Crippen LogP contribution is -2.43. The molecule has 0 bridgehead atoms. The van der Waals surface area contributed by atoms with Crippen LogP contribution in [-0.2, 0) is 9.59 Å². The number of amides is 2. The van der Waals surface area contributed by atoms with E-state index in [1.54, 1.807) is 36.5 Å². The minimum Gasteiger partial charge on any atom is -0.550 e. The number of nitrogens with zero attached hydrogens (tertiary/aromatic N) is 3. The summed E-state index contributed by atoms with van der Waals surface area (Å²) in [5.41, 5.74) is 2.95. The average Bonchev–Trinajstić information content (AvgIpc) is 2.71. The van der Waals surface area contributed by atoms with Crippen molar-refractivity contribution in [3.05, 3.63) is 71.5 Å². The molecule has 4 rings (SSSR count). The van der Waals surface area contributed by atoms with Crippen LogP contribution in [0.5, 0.6) is 0 Å². The minimum atomic E-state index is -1.33. The first-order valence-corrected chi connectivity index (χ1v) is 8.63. The van der Waals surface area contributed by atoms with E-state index >= 15 is 0 Å². The predicted molar refractivity (Wildman–Crippen MR) is 99.5 cm³/mol. The van der Waals surface area contributed by atoms with Crippen LogP contribution in [0.3, 0.4) is 0 Å². The van der Waals surface area contributed by atoms with Gasteiger partial charge in [-0.05, 0) is 24.3 Å². The summed E-state index contributed by atoms with van der Waals surface area (Å²) in [5, 5.41) is 10.8. The van der Waals surface area contributed by atoms with Crippen LogP contribution in [0.2, 0.25) is 0 Å². The Labute approximate surface area is 160 Å². The van der Waals surface area contributed by atoms with E-state index in [-0.39, 0.29) is 12.1 Å². The van der Waals surface area contributed by atoms with E-state index in [0.29, 0.717) is 22.3 Å². The molecule has 1 aliphatic heterocycles. The molecule has 1 aliphatic rings.